The molecular formula is C13H16N4O4. The number of nitriles is 1. The normalized spacial score (nSPS) is 12.3. The average Bonchev–Trinajstić information content (AvgIpc) is 2.36. The van der Waals surface area contributed by atoms with Gasteiger partial charge in [-0.05, 0) is 5.41 Å². The van der Waals surface area contributed by atoms with Gasteiger partial charge in [-0.3, -0.25) is 14.9 Å². The molecule has 0 spiro atoms. The van der Waals surface area contributed by atoms with Crippen molar-refractivity contribution in [2.45, 2.75) is 33.2 Å². The van der Waals surface area contributed by atoms with Crippen molar-refractivity contribution in [2.24, 2.45) is 5.41 Å². The zero-order valence-corrected chi connectivity index (χ0v) is 12.0. The van der Waals surface area contributed by atoms with Crippen molar-refractivity contribution in [1.82, 2.24) is 4.98 Å². The van der Waals surface area contributed by atoms with Crippen LogP contribution in [0.1, 0.15) is 32.8 Å². The van der Waals surface area contributed by atoms with E-state index < -0.39 is 22.3 Å². The highest BCUT2D eigenvalue weighted by Gasteiger charge is 2.28. The molecule has 0 radical (unpaired) electrons. The Morgan fingerprint density at radius 1 is 1.62 bits per heavy atom. The molecule has 8 nitrogen and oxygen atoms in total. The molecule has 0 saturated carbocycles. The van der Waals surface area contributed by atoms with Crippen LogP contribution in [0.4, 0.5) is 11.5 Å². The fraction of sp³-hybridized carbons (Fsp3) is 0.462. The number of rotatable bonds is 5. The van der Waals surface area contributed by atoms with Crippen LogP contribution in [0.2, 0.25) is 0 Å². The molecule has 1 aromatic heterocycles. The molecule has 21 heavy (non-hydrogen) atoms. The molecule has 1 heterocycles. The second kappa shape index (κ2) is 6.17. The molecule has 0 bridgehead atoms. The molecule has 0 aliphatic rings. The maximum atomic E-state index is 10.9. The number of aromatic nitrogens is 1. The summed E-state index contributed by atoms with van der Waals surface area (Å²) < 4.78 is 0. The van der Waals surface area contributed by atoms with Crippen LogP contribution in [0.3, 0.4) is 0 Å². The molecule has 1 aromatic rings. The lowest BCUT2D eigenvalue weighted by molar-refractivity contribution is -0.385. The summed E-state index contributed by atoms with van der Waals surface area (Å²) >= 11 is 0. The zero-order chi connectivity index (χ0) is 16.2. The molecule has 0 saturated heterocycles. The Morgan fingerprint density at radius 3 is 2.67 bits per heavy atom. The Balaban J connectivity index is 3.12. The van der Waals surface area contributed by atoms with Gasteiger partial charge >= 0.3 is 5.97 Å². The first-order valence-corrected chi connectivity index (χ1v) is 6.18. The number of anilines is 1. The van der Waals surface area contributed by atoms with Crippen LogP contribution in [0.25, 0.3) is 0 Å². The molecule has 112 valence electrons. The number of hydrogen-bond donors (Lipinski definition) is 2. The molecule has 0 aliphatic carbocycles. The van der Waals surface area contributed by atoms with Crippen molar-refractivity contribution < 1.29 is 14.8 Å². The highest BCUT2D eigenvalue weighted by molar-refractivity contribution is 5.69. The van der Waals surface area contributed by atoms with E-state index in [-0.39, 0.29) is 23.5 Å². The van der Waals surface area contributed by atoms with E-state index in [2.05, 4.69) is 10.3 Å². The number of carboxylic acids is 1. The third kappa shape index (κ3) is 4.42. The second-order valence-electron chi connectivity index (χ2n) is 5.62. The Morgan fingerprint density at radius 2 is 2.24 bits per heavy atom. The minimum atomic E-state index is -0.983. The summed E-state index contributed by atoms with van der Waals surface area (Å²) in [7, 11) is 0. The van der Waals surface area contributed by atoms with Crippen LogP contribution in [-0.2, 0) is 4.79 Å². The van der Waals surface area contributed by atoms with E-state index in [1.165, 1.54) is 0 Å². The number of nitrogens with one attached hydrogen (secondary N) is 1. The number of hydrogen-bond acceptors (Lipinski definition) is 6. The summed E-state index contributed by atoms with van der Waals surface area (Å²) in [5, 5.41) is 31.6. The molecule has 1 rings (SSSR count). The van der Waals surface area contributed by atoms with E-state index in [4.69, 9.17) is 10.4 Å². The number of nitro groups is 1. The number of carbonyl (C=O) groups is 1. The molecule has 2 N–H and O–H groups in total. The fourth-order valence-electron chi connectivity index (χ4n) is 1.67. The molecule has 0 amide bonds. The molecule has 8 heteroatoms. The van der Waals surface area contributed by atoms with Gasteiger partial charge in [0.2, 0.25) is 0 Å². The number of aliphatic carboxylic acids is 1. The van der Waals surface area contributed by atoms with Gasteiger partial charge in [0.25, 0.3) is 5.69 Å². The van der Waals surface area contributed by atoms with Gasteiger partial charge in [0, 0.05) is 12.1 Å². The van der Waals surface area contributed by atoms with Crippen LogP contribution in [0.5, 0.6) is 0 Å². The summed E-state index contributed by atoms with van der Waals surface area (Å²) in [4.78, 5) is 24.8. The first-order chi connectivity index (χ1) is 9.65. The predicted molar refractivity (Wildman–Crippen MR) is 74.7 cm³/mol. The zero-order valence-electron chi connectivity index (χ0n) is 12.0. The molecule has 1 atom stereocenters. The van der Waals surface area contributed by atoms with E-state index in [1.807, 2.05) is 26.8 Å². The van der Waals surface area contributed by atoms with Gasteiger partial charge in [0.15, 0.2) is 0 Å². The summed E-state index contributed by atoms with van der Waals surface area (Å²) in [5.41, 5.74) is -0.680. The third-order valence-corrected chi connectivity index (χ3v) is 2.94. The lowest BCUT2D eigenvalue weighted by Crippen LogP contribution is -2.36. The smallest absolute Gasteiger partial charge is 0.305 e. The van der Waals surface area contributed by atoms with Gasteiger partial charge in [-0.15, -0.1) is 0 Å². The van der Waals surface area contributed by atoms with Gasteiger partial charge in [-0.1, -0.05) is 20.8 Å². The van der Waals surface area contributed by atoms with Crippen molar-refractivity contribution in [1.29, 1.82) is 5.26 Å². The van der Waals surface area contributed by atoms with E-state index >= 15 is 0 Å². The number of pyridine rings is 1. The van der Waals surface area contributed by atoms with Crippen LogP contribution >= 0.6 is 0 Å². The molecule has 0 aliphatic heterocycles. The number of nitrogens with zero attached hydrogens (tertiary/aromatic N) is 3. The predicted octanol–water partition coefficient (Wildman–Crippen LogP) is 2.16. The Labute approximate surface area is 121 Å². The van der Waals surface area contributed by atoms with Gasteiger partial charge < -0.3 is 10.4 Å². The third-order valence-electron chi connectivity index (χ3n) is 2.94. The maximum Gasteiger partial charge on any atom is 0.305 e. The van der Waals surface area contributed by atoms with Gasteiger partial charge in [-0.2, -0.15) is 5.26 Å². The molecule has 0 aromatic carbocycles. The van der Waals surface area contributed by atoms with Crippen LogP contribution in [0, 0.1) is 26.9 Å². The number of carboxylic acid groups (broad SMARTS) is 1. The second-order valence-corrected chi connectivity index (χ2v) is 5.62. The van der Waals surface area contributed by atoms with Crippen molar-refractivity contribution in [3.63, 3.8) is 0 Å². The SMILES string of the molecule is CC(C)(C)C(CC(=O)O)Nc1ncc([N+](=O)[O-])cc1C#N. The minimum Gasteiger partial charge on any atom is -0.481 e. The van der Waals surface area contributed by atoms with E-state index in [9.17, 15) is 14.9 Å². The summed E-state index contributed by atoms with van der Waals surface area (Å²) in [5.74, 6) is -0.841. The Kier molecular flexibility index (Phi) is 4.81. The molecule has 0 fully saturated rings. The standard InChI is InChI=1S/C13H16N4O4/c1-13(2,3)10(5-11(18)19)16-12-8(6-14)4-9(7-15-12)17(20)21/h4,7,10H,5H2,1-3H3,(H,15,16)(H,18,19). The molecule has 1 unspecified atom stereocenters. The summed E-state index contributed by atoms with van der Waals surface area (Å²) in [6.45, 7) is 5.56. The first-order valence-electron chi connectivity index (χ1n) is 6.18. The van der Waals surface area contributed by atoms with Crippen molar-refractivity contribution in [2.75, 3.05) is 5.32 Å². The largest absolute Gasteiger partial charge is 0.481 e. The lowest BCUT2D eigenvalue weighted by atomic mass is 9.84. The lowest BCUT2D eigenvalue weighted by Gasteiger charge is -2.31. The van der Waals surface area contributed by atoms with Crippen LogP contribution in [-0.4, -0.2) is 27.0 Å². The quantitative estimate of drug-likeness (QED) is 0.628. The highest BCUT2D eigenvalue weighted by Crippen LogP contribution is 2.27. The van der Waals surface area contributed by atoms with Crippen molar-refractivity contribution in [3.8, 4) is 6.07 Å². The summed E-state index contributed by atoms with van der Waals surface area (Å²) in [6, 6.07) is 2.46. The Bertz CT molecular complexity index is 601. The van der Waals surface area contributed by atoms with Crippen molar-refractivity contribution in [3.05, 3.63) is 27.9 Å². The highest BCUT2D eigenvalue weighted by atomic mass is 16.6. The van der Waals surface area contributed by atoms with E-state index in [1.54, 1.807) is 0 Å². The summed E-state index contributed by atoms with van der Waals surface area (Å²) in [6.07, 6.45) is 0.872. The van der Waals surface area contributed by atoms with Crippen LogP contribution < -0.4 is 5.32 Å². The fourth-order valence-corrected chi connectivity index (χ4v) is 1.67. The first kappa shape index (κ1) is 16.4. The topological polar surface area (TPSA) is 129 Å². The van der Waals surface area contributed by atoms with Gasteiger partial charge in [0.05, 0.1) is 11.3 Å². The van der Waals surface area contributed by atoms with E-state index in [0.717, 1.165) is 12.3 Å². The average molecular weight is 292 g/mol. The van der Waals surface area contributed by atoms with Crippen molar-refractivity contribution >= 4 is 17.5 Å². The van der Waals surface area contributed by atoms with Gasteiger partial charge in [-0.25, -0.2) is 4.98 Å². The monoisotopic (exact) mass is 292 g/mol. The van der Waals surface area contributed by atoms with E-state index in [0.29, 0.717) is 0 Å². The van der Waals surface area contributed by atoms with Gasteiger partial charge in [0.1, 0.15) is 23.6 Å². The van der Waals surface area contributed by atoms with Crippen LogP contribution in [0.15, 0.2) is 12.3 Å². The maximum absolute atomic E-state index is 10.9. The molecular weight excluding hydrogens is 276 g/mol. The minimum absolute atomic E-state index is 0.00355. The Hall–Kier alpha value is -2.69.